The third kappa shape index (κ3) is 4.03. The molecule has 0 aliphatic rings. The molecule has 1 N–H and O–H groups in total. The number of nitrogens with zero attached hydrogens (tertiary/aromatic N) is 1. The molecule has 7 nitrogen and oxygen atoms in total. The number of aryl methyl sites for hydroxylation is 2. The van der Waals surface area contributed by atoms with Crippen LogP contribution in [0.4, 0.5) is 0 Å². The minimum atomic E-state index is -3.68. The van der Waals surface area contributed by atoms with Crippen LogP contribution in [0.2, 0.25) is 0 Å². The predicted octanol–water partition coefficient (Wildman–Crippen LogP) is 0.487. The van der Waals surface area contributed by atoms with Crippen LogP contribution >= 0.6 is 0 Å². The highest BCUT2D eigenvalue weighted by Gasteiger charge is 2.25. The lowest BCUT2D eigenvalue weighted by molar-refractivity contribution is -0.120. The van der Waals surface area contributed by atoms with E-state index in [2.05, 4.69) is 9.89 Å². The first kappa shape index (κ1) is 15.6. The van der Waals surface area contributed by atoms with Crippen molar-refractivity contribution in [2.24, 2.45) is 0 Å². The summed E-state index contributed by atoms with van der Waals surface area (Å²) in [7, 11) is -2.29. The van der Waals surface area contributed by atoms with Gasteiger partial charge in [0.25, 0.3) is 0 Å². The number of rotatable bonds is 6. The first-order valence-electron chi connectivity index (χ1n) is 5.74. The van der Waals surface area contributed by atoms with Crippen LogP contribution < -0.4 is 4.72 Å². The van der Waals surface area contributed by atoms with Gasteiger partial charge in [0.1, 0.15) is 5.76 Å². The molecular weight excluding hydrogens is 272 g/mol. The summed E-state index contributed by atoms with van der Waals surface area (Å²) in [6, 6.07) is 0. The van der Waals surface area contributed by atoms with E-state index in [9.17, 15) is 13.2 Å². The molecule has 1 heterocycles. The van der Waals surface area contributed by atoms with Crippen molar-refractivity contribution < 1.29 is 22.5 Å². The highest BCUT2D eigenvalue weighted by atomic mass is 32.2. The third-order valence-corrected chi connectivity index (χ3v) is 3.94. The van der Waals surface area contributed by atoms with Crippen molar-refractivity contribution in [2.75, 3.05) is 19.5 Å². The zero-order valence-electron chi connectivity index (χ0n) is 11.4. The second kappa shape index (κ2) is 6.16. The molecule has 0 aromatic carbocycles. The Morgan fingerprint density at radius 3 is 2.58 bits per heavy atom. The van der Waals surface area contributed by atoms with E-state index in [1.807, 2.05) is 4.72 Å². The van der Waals surface area contributed by atoms with Crippen LogP contribution in [0.3, 0.4) is 0 Å². The molecular formula is C11H18N2O5S. The van der Waals surface area contributed by atoms with Crippen molar-refractivity contribution in [3.8, 4) is 0 Å². The van der Waals surface area contributed by atoms with Crippen molar-refractivity contribution in [1.82, 2.24) is 9.88 Å². The normalized spacial score (nSPS) is 13.3. The Morgan fingerprint density at radius 1 is 1.47 bits per heavy atom. The van der Waals surface area contributed by atoms with Crippen LogP contribution in [0.1, 0.15) is 29.9 Å². The summed E-state index contributed by atoms with van der Waals surface area (Å²) in [5.74, 6) is -1.01. The van der Waals surface area contributed by atoms with E-state index < -0.39 is 21.8 Å². The van der Waals surface area contributed by atoms with E-state index >= 15 is 0 Å². The summed E-state index contributed by atoms with van der Waals surface area (Å²) in [5.41, 5.74) is 1.19. The van der Waals surface area contributed by atoms with Crippen molar-refractivity contribution >= 4 is 15.9 Å². The maximum atomic E-state index is 11.9. The molecule has 0 saturated carbocycles. The fraction of sp³-hybridized carbons (Fsp3) is 0.636. The minimum absolute atomic E-state index is 0.0301. The predicted molar refractivity (Wildman–Crippen MR) is 68.2 cm³/mol. The third-order valence-electron chi connectivity index (χ3n) is 2.73. The van der Waals surface area contributed by atoms with Crippen molar-refractivity contribution in [3.05, 3.63) is 17.0 Å². The number of carbonyl (C=O) groups is 1. The zero-order chi connectivity index (χ0) is 14.6. The second-order valence-electron chi connectivity index (χ2n) is 4.24. The smallest absolute Gasteiger partial charge is 0.240 e. The van der Waals surface area contributed by atoms with E-state index in [1.165, 1.54) is 7.11 Å². The van der Waals surface area contributed by atoms with Crippen LogP contribution in [0, 0.1) is 13.8 Å². The second-order valence-corrected chi connectivity index (χ2v) is 6.08. The topological polar surface area (TPSA) is 98.5 Å². The summed E-state index contributed by atoms with van der Waals surface area (Å²) in [5, 5.41) is 3.74. The quantitative estimate of drug-likeness (QED) is 0.818. The number of methoxy groups -OCH3 is 1. The lowest BCUT2D eigenvalue weighted by Crippen LogP contribution is -2.36. The number of ether oxygens (including phenoxy) is 1. The molecule has 108 valence electrons. The largest absolute Gasteiger partial charge is 0.384 e. The van der Waals surface area contributed by atoms with Crippen LogP contribution in [-0.4, -0.2) is 39.0 Å². The maximum Gasteiger partial charge on any atom is 0.240 e. The van der Waals surface area contributed by atoms with Crippen molar-refractivity contribution in [1.29, 1.82) is 0 Å². The van der Waals surface area contributed by atoms with E-state index in [4.69, 9.17) is 4.52 Å². The molecule has 0 saturated heterocycles. The molecule has 0 radical (unpaired) electrons. The number of sulfonamides is 1. The van der Waals surface area contributed by atoms with Gasteiger partial charge in [-0.1, -0.05) is 5.16 Å². The molecule has 8 heteroatoms. The first-order chi connectivity index (χ1) is 8.78. The van der Waals surface area contributed by atoms with Gasteiger partial charge in [0, 0.05) is 12.7 Å². The lowest BCUT2D eigenvalue weighted by atomic mass is 9.99. The summed E-state index contributed by atoms with van der Waals surface area (Å²) in [4.78, 5) is 11.9. The molecule has 0 aliphatic carbocycles. The minimum Gasteiger partial charge on any atom is -0.384 e. The van der Waals surface area contributed by atoms with Crippen molar-refractivity contribution in [2.45, 2.75) is 26.7 Å². The Morgan fingerprint density at radius 2 is 2.11 bits per heavy atom. The number of hydrogen-bond donors (Lipinski definition) is 1. The van der Waals surface area contributed by atoms with Crippen LogP contribution in [0.5, 0.6) is 0 Å². The molecule has 0 bridgehead atoms. The Kier molecular flexibility index (Phi) is 5.07. The highest BCUT2D eigenvalue weighted by molar-refractivity contribution is 7.90. The van der Waals surface area contributed by atoms with E-state index in [1.54, 1.807) is 20.8 Å². The molecule has 0 spiro atoms. The Hall–Kier alpha value is -1.41. The summed E-state index contributed by atoms with van der Waals surface area (Å²) in [6.07, 6.45) is 0. The van der Waals surface area contributed by atoms with E-state index in [-0.39, 0.29) is 12.4 Å². The molecule has 1 rings (SSSR count). The van der Waals surface area contributed by atoms with Gasteiger partial charge in [0.15, 0.2) is 0 Å². The van der Waals surface area contributed by atoms with Gasteiger partial charge in [-0.25, -0.2) is 8.42 Å². The molecule has 1 aromatic rings. The zero-order valence-corrected chi connectivity index (χ0v) is 12.2. The Labute approximate surface area is 112 Å². The Bertz CT molecular complexity index is 530. The molecule has 1 unspecified atom stereocenters. The summed E-state index contributed by atoms with van der Waals surface area (Å²) < 4.78 is 34.8. The maximum absolute atomic E-state index is 11.9. The van der Waals surface area contributed by atoms with Gasteiger partial charge in [0.05, 0.1) is 24.0 Å². The summed E-state index contributed by atoms with van der Waals surface area (Å²) >= 11 is 0. The van der Waals surface area contributed by atoms with Gasteiger partial charge in [-0.2, -0.15) is 0 Å². The van der Waals surface area contributed by atoms with E-state index in [0.717, 1.165) is 0 Å². The fourth-order valence-electron chi connectivity index (χ4n) is 1.73. The number of nitrogens with one attached hydrogen (secondary N) is 1. The van der Waals surface area contributed by atoms with Crippen LogP contribution in [0.25, 0.3) is 0 Å². The monoisotopic (exact) mass is 290 g/mol. The van der Waals surface area contributed by atoms with Gasteiger partial charge < -0.3 is 9.26 Å². The summed E-state index contributed by atoms with van der Waals surface area (Å²) in [6.45, 7) is 5.02. The number of hydrogen-bond acceptors (Lipinski definition) is 6. The van der Waals surface area contributed by atoms with E-state index in [0.29, 0.717) is 17.0 Å². The van der Waals surface area contributed by atoms with Gasteiger partial charge >= 0.3 is 0 Å². The fourth-order valence-corrected chi connectivity index (χ4v) is 2.70. The SMILES string of the molecule is COCCS(=O)(=O)NC(=O)C(C)c1c(C)noc1C. The standard InChI is InChI=1S/C11H18N2O5S/c1-7(10-8(2)12-18-9(10)3)11(14)13-19(15,16)6-5-17-4/h7H,5-6H2,1-4H3,(H,13,14). The first-order valence-corrected chi connectivity index (χ1v) is 7.39. The average Bonchev–Trinajstić information content (AvgIpc) is 2.65. The van der Waals surface area contributed by atoms with Gasteiger partial charge in [-0.3, -0.25) is 9.52 Å². The average molecular weight is 290 g/mol. The van der Waals surface area contributed by atoms with Crippen LogP contribution in [-0.2, 0) is 19.6 Å². The molecule has 0 fully saturated rings. The number of amides is 1. The molecule has 1 amide bonds. The van der Waals surface area contributed by atoms with Crippen LogP contribution in [0.15, 0.2) is 4.52 Å². The lowest BCUT2D eigenvalue weighted by Gasteiger charge is -2.12. The van der Waals surface area contributed by atoms with Gasteiger partial charge in [-0.15, -0.1) is 0 Å². The molecule has 1 atom stereocenters. The van der Waals surface area contributed by atoms with Gasteiger partial charge in [-0.05, 0) is 20.8 Å². The Balaban J connectivity index is 2.79. The molecule has 1 aromatic heterocycles. The van der Waals surface area contributed by atoms with Gasteiger partial charge in [0.2, 0.25) is 15.9 Å². The number of aromatic nitrogens is 1. The number of carbonyl (C=O) groups excluding carboxylic acids is 1. The highest BCUT2D eigenvalue weighted by Crippen LogP contribution is 2.23. The molecule has 19 heavy (non-hydrogen) atoms. The molecule has 0 aliphatic heterocycles. The van der Waals surface area contributed by atoms with Crippen molar-refractivity contribution in [3.63, 3.8) is 0 Å².